The fraction of sp³-hybridized carbons (Fsp3) is 0.150. The number of benzene rings is 2. The van der Waals surface area contributed by atoms with E-state index in [1.165, 1.54) is 5.56 Å². The van der Waals surface area contributed by atoms with Crippen LogP contribution in [-0.2, 0) is 13.1 Å². The second-order valence-electron chi connectivity index (χ2n) is 5.76. The highest BCUT2D eigenvalue weighted by Crippen LogP contribution is 2.22. The minimum Gasteiger partial charge on any atom is -0.464 e. The van der Waals surface area contributed by atoms with Crippen LogP contribution in [0.3, 0.4) is 0 Å². The number of halogens is 1. The fourth-order valence-electron chi connectivity index (χ4n) is 2.52. The van der Waals surface area contributed by atoms with Gasteiger partial charge in [0.1, 0.15) is 11.5 Å². The van der Waals surface area contributed by atoms with Crippen molar-refractivity contribution in [1.29, 1.82) is 0 Å². The maximum atomic E-state index is 6.24. The molecule has 5 heteroatoms. The molecule has 0 atom stereocenters. The highest BCUT2D eigenvalue weighted by atomic mass is 35.5. The van der Waals surface area contributed by atoms with Gasteiger partial charge in [-0.25, -0.2) is 0 Å². The Labute approximate surface area is 158 Å². The third-order valence-electron chi connectivity index (χ3n) is 3.76. The molecule has 0 fully saturated rings. The van der Waals surface area contributed by atoms with Crippen molar-refractivity contribution in [2.45, 2.75) is 20.0 Å². The summed E-state index contributed by atoms with van der Waals surface area (Å²) in [6.07, 6.45) is 0. The molecule has 2 aromatic carbocycles. The minimum absolute atomic E-state index is 0.582. The smallest absolute Gasteiger partial charge is 0.174 e. The molecule has 0 aliphatic rings. The van der Waals surface area contributed by atoms with Gasteiger partial charge in [0.25, 0.3) is 0 Å². The van der Waals surface area contributed by atoms with Gasteiger partial charge in [0.2, 0.25) is 0 Å². The van der Waals surface area contributed by atoms with E-state index in [1.807, 2.05) is 61.5 Å². The summed E-state index contributed by atoms with van der Waals surface area (Å²) in [6, 6.07) is 21.7. The van der Waals surface area contributed by atoms with E-state index in [1.54, 1.807) is 0 Å². The molecule has 1 heterocycles. The van der Waals surface area contributed by atoms with E-state index in [2.05, 4.69) is 22.3 Å². The largest absolute Gasteiger partial charge is 0.464 e. The van der Waals surface area contributed by atoms with Crippen molar-refractivity contribution in [2.24, 2.45) is 0 Å². The van der Waals surface area contributed by atoms with Gasteiger partial charge in [-0.3, -0.25) is 0 Å². The van der Waals surface area contributed by atoms with Crippen molar-refractivity contribution in [2.75, 3.05) is 5.32 Å². The van der Waals surface area contributed by atoms with Crippen LogP contribution >= 0.6 is 23.8 Å². The first-order valence-corrected chi connectivity index (χ1v) is 8.80. The first kappa shape index (κ1) is 17.5. The Kier molecular flexibility index (Phi) is 5.74. The van der Waals surface area contributed by atoms with Gasteiger partial charge in [-0.1, -0.05) is 54.1 Å². The monoisotopic (exact) mass is 370 g/mol. The molecule has 0 aliphatic carbocycles. The highest BCUT2D eigenvalue weighted by Gasteiger charge is 2.14. The standard InChI is InChI=1S/C20H19ClN2OS/c1-15-11-12-17(24-15)14-23(13-16-7-3-2-4-8-16)20(25)22-19-10-6-5-9-18(19)21/h2-12H,13-14H2,1H3,(H,22,25). The van der Waals surface area contributed by atoms with Gasteiger partial charge in [-0.15, -0.1) is 0 Å². The molecule has 3 nitrogen and oxygen atoms in total. The van der Waals surface area contributed by atoms with Gasteiger partial charge in [-0.2, -0.15) is 0 Å². The molecule has 0 amide bonds. The molecule has 1 N–H and O–H groups in total. The molecular formula is C20H19ClN2OS. The average molecular weight is 371 g/mol. The summed E-state index contributed by atoms with van der Waals surface area (Å²) >= 11 is 11.9. The normalized spacial score (nSPS) is 10.5. The van der Waals surface area contributed by atoms with Crippen molar-refractivity contribution < 1.29 is 4.42 Å². The number of anilines is 1. The van der Waals surface area contributed by atoms with Gasteiger partial charge in [0.15, 0.2) is 5.11 Å². The first-order valence-electron chi connectivity index (χ1n) is 8.01. The van der Waals surface area contributed by atoms with E-state index in [0.717, 1.165) is 17.2 Å². The number of thiocarbonyl (C=S) groups is 1. The number of rotatable bonds is 5. The number of para-hydroxylation sites is 1. The number of furan rings is 1. The number of nitrogens with one attached hydrogen (secondary N) is 1. The molecule has 0 saturated heterocycles. The summed E-state index contributed by atoms with van der Waals surface area (Å²) in [7, 11) is 0. The lowest BCUT2D eigenvalue weighted by Gasteiger charge is -2.25. The lowest BCUT2D eigenvalue weighted by Crippen LogP contribution is -2.33. The van der Waals surface area contributed by atoms with Crippen molar-refractivity contribution in [3.8, 4) is 0 Å². The van der Waals surface area contributed by atoms with Gasteiger partial charge in [0.05, 0.1) is 17.3 Å². The van der Waals surface area contributed by atoms with Crippen LogP contribution in [0.2, 0.25) is 5.02 Å². The summed E-state index contributed by atoms with van der Waals surface area (Å²) in [6.45, 7) is 3.20. The van der Waals surface area contributed by atoms with Gasteiger partial charge < -0.3 is 14.6 Å². The van der Waals surface area contributed by atoms with Crippen LogP contribution in [-0.4, -0.2) is 10.0 Å². The predicted molar refractivity (Wildman–Crippen MR) is 107 cm³/mol. The van der Waals surface area contributed by atoms with E-state index < -0.39 is 0 Å². The summed E-state index contributed by atoms with van der Waals surface area (Å²) < 4.78 is 5.72. The summed E-state index contributed by atoms with van der Waals surface area (Å²) in [5, 5.41) is 4.48. The third kappa shape index (κ3) is 4.84. The van der Waals surface area contributed by atoms with Gasteiger partial charge in [0, 0.05) is 6.54 Å². The lowest BCUT2D eigenvalue weighted by atomic mass is 10.2. The Hall–Kier alpha value is -2.30. The number of aryl methyl sites for hydroxylation is 1. The van der Waals surface area contributed by atoms with Crippen molar-refractivity contribution in [3.63, 3.8) is 0 Å². The number of nitrogens with zero attached hydrogens (tertiary/aromatic N) is 1. The zero-order valence-electron chi connectivity index (χ0n) is 13.9. The van der Waals surface area contributed by atoms with Gasteiger partial charge in [-0.05, 0) is 49.0 Å². The Morgan fingerprint density at radius 1 is 1.00 bits per heavy atom. The summed E-state index contributed by atoms with van der Waals surface area (Å²) in [5.74, 6) is 1.76. The highest BCUT2D eigenvalue weighted by molar-refractivity contribution is 7.80. The maximum absolute atomic E-state index is 6.24. The SMILES string of the molecule is Cc1ccc(CN(Cc2ccccc2)C(=S)Nc2ccccc2Cl)o1. The molecule has 3 rings (SSSR count). The summed E-state index contributed by atoms with van der Waals surface area (Å²) in [4.78, 5) is 2.06. The predicted octanol–water partition coefficient (Wildman–Crippen LogP) is 5.64. The van der Waals surface area contributed by atoms with Crippen LogP contribution in [0.5, 0.6) is 0 Å². The Morgan fingerprint density at radius 3 is 2.40 bits per heavy atom. The molecule has 1 aromatic heterocycles. The minimum atomic E-state index is 0.582. The average Bonchev–Trinajstić information content (AvgIpc) is 3.02. The molecule has 128 valence electrons. The Morgan fingerprint density at radius 2 is 1.72 bits per heavy atom. The molecule has 0 bridgehead atoms. The molecule has 0 unspecified atom stereocenters. The zero-order valence-corrected chi connectivity index (χ0v) is 15.5. The summed E-state index contributed by atoms with van der Waals surface area (Å²) in [5.41, 5.74) is 1.97. The molecule has 0 aliphatic heterocycles. The quantitative estimate of drug-likeness (QED) is 0.588. The third-order valence-corrected chi connectivity index (χ3v) is 4.45. The zero-order chi connectivity index (χ0) is 17.6. The second kappa shape index (κ2) is 8.19. The molecule has 0 radical (unpaired) electrons. The van der Waals surface area contributed by atoms with Crippen molar-refractivity contribution >= 4 is 34.6 Å². The van der Waals surface area contributed by atoms with E-state index in [9.17, 15) is 0 Å². The second-order valence-corrected chi connectivity index (χ2v) is 6.56. The topological polar surface area (TPSA) is 28.4 Å². The molecule has 0 spiro atoms. The van der Waals surface area contributed by atoms with Gasteiger partial charge >= 0.3 is 0 Å². The molecular weight excluding hydrogens is 352 g/mol. The molecule has 25 heavy (non-hydrogen) atoms. The fourth-order valence-corrected chi connectivity index (χ4v) is 2.94. The lowest BCUT2D eigenvalue weighted by molar-refractivity contribution is 0.354. The van der Waals surface area contributed by atoms with E-state index in [-0.39, 0.29) is 0 Å². The molecule has 3 aromatic rings. The Balaban J connectivity index is 1.79. The maximum Gasteiger partial charge on any atom is 0.174 e. The van der Waals surface area contributed by atoms with Crippen LogP contribution in [0.25, 0.3) is 0 Å². The van der Waals surface area contributed by atoms with Crippen molar-refractivity contribution in [3.05, 3.63) is 88.8 Å². The van der Waals surface area contributed by atoms with Crippen LogP contribution in [0, 0.1) is 6.92 Å². The van der Waals surface area contributed by atoms with E-state index in [4.69, 9.17) is 28.2 Å². The number of hydrogen-bond acceptors (Lipinski definition) is 2. The van der Waals surface area contributed by atoms with Crippen LogP contribution < -0.4 is 5.32 Å². The number of hydrogen-bond donors (Lipinski definition) is 1. The van der Waals surface area contributed by atoms with E-state index in [0.29, 0.717) is 23.2 Å². The van der Waals surface area contributed by atoms with Crippen molar-refractivity contribution in [1.82, 2.24) is 4.90 Å². The van der Waals surface area contributed by atoms with Crippen LogP contribution in [0.4, 0.5) is 5.69 Å². The van der Waals surface area contributed by atoms with Crippen LogP contribution in [0.1, 0.15) is 17.1 Å². The van der Waals surface area contributed by atoms with E-state index >= 15 is 0 Å². The first-order chi connectivity index (χ1) is 12.1. The molecule has 0 saturated carbocycles. The van der Waals surface area contributed by atoms with Crippen LogP contribution in [0.15, 0.2) is 71.1 Å². The Bertz CT molecular complexity index is 848.